The zero-order valence-electron chi connectivity index (χ0n) is 11.6. The van der Waals surface area contributed by atoms with Crippen LogP contribution in [0.2, 0.25) is 0 Å². The summed E-state index contributed by atoms with van der Waals surface area (Å²) in [5.41, 5.74) is 3.26. The molecule has 0 saturated carbocycles. The minimum absolute atomic E-state index is 0.605. The van der Waals surface area contributed by atoms with E-state index in [1.54, 1.807) is 11.3 Å². The molecule has 2 aromatic heterocycles. The molecule has 1 aliphatic heterocycles. The van der Waals surface area contributed by atoms with E-state index in [0.717, 1.165) is 34.4 Å². The van der Waals surface area contributed by atoms with Crippen molar-refractivity contribution in [2.24, 2.45) is 0 Å². The molecule has 1 aliphatic rings. The van der Waals surface area contributed by atoms with Gasteiger partial charge in [-0.3, -0.25) is 4.40 Å². The van der Waals surface area contributed by atoms with Gasteiger partial charge in [-0.05, 0) is 19.1 Å². The minimum atomic E-state index is 0.605. The number of thiazole rings is 1. The summed E-state index contributed by atoms with van der Waals surface area (Å²) in [5.74, 6) is 1.62. The molecule has 5 nitrogen and oxygen atoms in total. The number of anilines is 1. The Balaban J connectivity index is 1.56. The van der Waals surface area contributed by atoms with Crippen LogP contribution in [-0.4, -0.2) is 22.6 Å². The van der Waals surface area contributed by atoms with E-state index in [9.17, 15) is 0 Å². The minimum Gasteiger partial charge on any atom is -0.486 e. The van der Waals surface area contributed by atoms with E-state index < -0.39 is 0 Å². The number of nitrogens with zero attached hydrogens (tertiary/aromatic N) is 2. The van der Waals surface area contributed by atoms with Gasteiger partial charge in [0, 0.05) is 23.3 Å². The Bertz CT molecular complexity index is 793. The summed E-state index contributed by atoms with van der Waals surface area (Å²) in [6, 6.07) is 5.94. The molecular weight excluding hydrogens is 286 g/mol. The zero-order valence-corrected chi connectivity index (χ0v) is 12.4. The van der Waals surface area contributed by atoms with Gasteiger partial charge in [0.15, 0.2) is 16.5 Å². The van der Waals surface area contributed by atoms with E-state index in [1.807, 2.05) is 25.1 Å². The lowest BCUT2D eigenvalue weighted by atomic mass is 10.2. The van der Waals surface area contributed by atoms with Crippen LogP contribution >= 0.6 is 11.3 Å². The van der Waals surface area contributed by atoms with Crippen LogP contribution in [0.1, 0.15) is 11.4 Å². The number of hydrogen-bond acceptors (Lipinski definition) is 5. The lowest BCUT2D eigenvalue weighted by molar-refractivity contribution is 0.171. The van der Waals surface area contributed by atoms with Crippen molar-refractivity contribution in [2.45, 2.75) is 13.5 Å². The van der Waals surface area contributed by atoms with Crippen LogP contribution in [0.4, 0.5) is 5.69 Å². The summed E-state index contributed by atoms with van der Waals surface area (Å²) in [6.45, 7) is 3.99. The molecule has 3 heterocycles. The van der Waals surface area contributed by atoms with Crippen molar-refractivity contribution >= 4 is 22.0 Å². The van der Waals surface area contributed by atoms with Gasteiger partial charge in [0.25, 0.3) is 0 Å². The van der Waals surface area contributed by atoms with Gasteiger partial charge in [-0.15, -0.1) is 11.3 Å². The molecule has 0 unspecified atom stereocenters. The molecule has 1 aromatic carbocycles. The van der Waals surface area contributed by atoms with Gasteiger partial charge in [0.2, 0.25) is 0 Å². The first-order valence-electron chi connectivity index (χ1n) is 6.86. The maximum absolute atomic E-state index is 5.60. The molecular formula is C15H15N3O2S. The van der Waals surface area contributed by atoms with Gasteiger partial charge in [-0.1, -0.05) is 0 Å². The summed E-state index contributed by atoms with van der Waals surface area (Å²) < 4.78 is 13.3. The topological polar surface area (TPSA) is 47.8 Å². The average Bonchev–Trinajstić information content (AvgIpc) is 3.06. The van der Waals surface area contributed by atoms with Crippen LogP contribution < -0.4 is 14.8 Å². The Hall–Kier alpha value is -2.21. The third-order valence-corrected chi connectivity index (χ3v) is 4.32. The van der Waals surface area contributed by atoms with Crippen LogP contribution in [0.25, 0.3) is 4.96 Å². The molecule has 0 amide bonds. The molecule has 108 valence electrons. The number of aryl methyl sites for hydroxylation is 1. The molecule has 21 heavy (non-hydrogen) atoms. The van der Waals surface area contributed by atoms with Gasteiger partial charge in [0.1, 0.15) is 13.2 Å². The first kappa shape index (κ1) is 12.5. The number of nitrogens with one attached hydrogen (secondary N) is 1. The molecule has 0 bridgehead atoms. The standard InChI is InChI=1S/C15H15N3O2S/c1-10-12(18-4-7-21-15(18)17-10)9-16-11-2-3-13-14(8-11)20-6-5-19-13/h2-4,7-8,16H,5-6,9H2,1H3. The Morgan fingerprint density at radius 3 is 3.05 bits per heavy atom. The fraction of sp³-hybridized carbons (Fsp3) is 0.267. The normalized spacial score (nSPS) is 13.6. The molecule has 0 saturated heterocycles. The van der Waals surface area contributed by atoms with E-state index >= 15 is 0 Å². The second kappa shape index (κ2) is 4.96. The molecule has 4 rings (SSSR count). The summed E-state index contributed by atoms with van der Waals surface area (Å²) in [5, 5.41) is 5.48. The molecule has 3 aromatic rings. The molecule has 0 radical (unpaired) electrons. The molecule has 0 spiro atoms. The summed E-state index contributed by atoms with van der Waals surface area (Å²) in [6.07, 6.45) is 2.06. The fourth-order valence-electron chi connectivity index (χ4n) is 2.49. The van der Waals surface area contributed by atoms with Crippen LogP contribution in [0.15, 0.2) is 29.8 Å². The lowest BCUT2D eigenvalue weighted by Gasteiger charge is -2.19. The van der Waals surface area contributed by atoms with Crippen molar-refractivity contribution < 1.29 is 9.47 Å². The van der Waals surface area contributed by atoms with Gasteiger partial charge in [0.05, 0.1) is 17.9 Å². The Labute approximate surface area is 126 Å². The Kier molecular flexibility index (Phi) is 2.96. The molecule has 0 atom stereocenters. The van der Waals surface area contributed by atoms with Crippen molar-refractivity contribution in [3.05, 3.63) is 41.2 Å². The first-order chi connectivity index (χ1) is 10.3. The van der Waals surface area contributed by atoms with Gasteiger partial charge in [-0.25, -0.2) is 4.98 Å². The van der Waals surface area contributed by atoms with Gasteiger partial charge < -0.3 is 14.8 Å². The molecule has 6 heteroatoms. The van der Waals surface area contributed by atoms with E-state index in [4.69, 9.17) is 9.47 Å². The lowest BCUT2D eigenvalue weighted by Crippen LogP contribution is -2.15. The van der Waals surface area contributed by atoms with Crippen molar-refractivity contribution in [1.82, 2.24) is 9.38 Å². The second-order valence-corrected chi connectivity index (χ2v) is 5.78. The second-order valence-electron chi connectivity index (χ2n) is 4.91. The van der Waals surface area contributed by atoms with E-state index in [-0.39, 0.29) is 0 Å². The maximum atomic E-state index is 5.60. The summed E-state index contributed by atoms with van der Waals surface area (Å²) in [7, 11) is 0. The van der Waals surface area contributed by atoms with Crippen LogP contribution in [0.5, 0.6) is 11.5 Å². The fourth-order valence-corrected chi connectivity index (χ4v) is 3.27. The number of rotatable bonds is 3. The Morgan fingerprint density at radius 1 is 1.29 bits per heavy atom. The highest BCUT2D eigenvalue weighted by atomic mass is 32.1. The smallest absolute Gasteiger partial charge is 0.194 e. The third kappa shape index (κ3) is 2.21. The number of benzene rings is 1. The average molecular weight is 301 g/mol. The van der Waals surface area contributed by atoms with Crippen LogP contribution in [0, 0.1) is 6.92 Å². The number of aromatic nitrogens is 2. The van der Waals surface area contributed by atoms with Crippen molar-refractivity contribution in [1.29, 1.82) is 0 Å². The predicted molar refractivity (Wildman–Crippen MR) is 82.6 cm³/mol. The highest BCUT2D eigenvalue weighted by Crippen LogP contribution is 2.32. The molecule has 1 N–H and O–H groups in total. The first-order valence-corrected chi connectivity index (χ1v) is 7.74. The predicted octanol–water partition coefficient (Wildman–Crippen LogP) is 3.09. The molecule has 0 fully saturated rings. The Morgan fingerprint density at radius 2 is 2.14 bits per heavy atom. The molecule has 0 aliphatic carbocycles. The van der Waals surface area contributed by atoms with Crippen LogP contribution in [0.3, 0.4) is 0 Å². The number of imidazole rings is 1. The maximum Gasteiger partial charge on any atom is 0.194 e. The van der Waals surface area contributed by atoms with E-state index in [1.165, 1.54) is 5.69 Å². The zero-order chi connectivity index (χ0) is 14.2. The van der Waals surface area contributed by atoms with Crippen LogP contribution in [-0.2, 0) is 6.54 Å². The summed E-state index contributed by atoms with van der Waals surface area (Å²) >= 11 is 1.65. The number of hydrogen-bond donors (Lipinski definition) is 1. The monoisotopic (exact) mass is 301 g/mol. The SMILES string of the molecule is Cc1nc2sccn2c1CNc1ccc2c(c1)OCCO2. The van der Waals surface area contributed by atoms with Gasteiger partial charge in [-0.2, -0.15) is 0 Å². The largest absolute Gasteiger partial charge is 0.486 e. The number of ether oxygens (including phenoxy) is 2. The van der Waals surface area contributed by atoms with Crippen molar-refractivity contribution in [3.63, 3.8) is 0 Å². The quantitative estimate of drug-likeness (QED) is 0.807. The number of fused-ring (bicyclic) bond motifs is 2. The highest BCUT2D eigenvalue weighted by molar-refractivity contribution is 7.15. The van der Waals surface area contributed by atoms with Crippen molar-refractivity contribution in [3.8, 4) is 11.5 Å². The van der Waals surface area contributed by atoms with E-state index in [2.05, 4.69) is 26.3 Å². The highest BCUT2D eigenvalue weighted by Gasteiger charge is 2.13. The third-order valence-electron chi connectivity index (χ3n) is 3.56. The van der Waals surface area contributed by atoms with Crippen molar-refractivity contribution in [2.75, 3.05) is 18.5 Å². The van der Waals surface area contributed by atoms with E-state index in [0.29, 0.717) is 13.2 Å². The summed E-state index contributed by atoms with van der Waals surface area (Å²) in [4.78, 5) is 5.59. The van der Waals surface area contributed by atoms with Gasteiger partial charge >= 0.3 is 0 Å².